The average Bonchev–Trinajstić information content (AvgIpc) is 2.78. The van der Waals surface area contributed by atoms with Crippen LogP contribution in [0.25, 0.3) is 0 Å². The van der Waals surface area contributed by atoms with Gasteiger partial charge in [-0.25, -0.2) is 4.98 Å². The molecule has 0 saturated carbocycles. The van der Waals surface area contributed by atoms with Crippen molar-refractivity contribution in [3.8, 4) is 0 Å². The molecule has 0 fully saturated rings. The van der Waals surface area contributed by atoms with Gasteiger partial charge in [-0.05, 0) is 60.9 Å². The number of aromatic nitrogens is 1. The Labute approximate surface area is 106 Å². The van der Waals surface area contributed by atoms with Gasteiger partial charge in [-0.15, -0.1) is 11.3 Å². The topological polar surface area (TPSA) is 24.9 Å². The quantitative estimate of drug-likeness (QED) is 0.865. The number of anilines is 1. The number of hydrogen-bond donors (Lipinski definition) is 1. The molecule has 0 bridgehead atoms. The number of fused-ring (bicyclic) bond motifs is 1. The monoisotopic (exact) mass is 244 g/mol. The van der Waals surface area contributed by atoms with Crippen LogP contribution in [-0.2, 0) is 6.42 Å². The molecule has 2 aromatic rings. The molecule has 0 radical (unpaired) electrons. The van der Waals surface area contributed by atoms with Crippen LogP contribution in [0.1, 0.15) is 34.9 Å². The maximum atomic E-state index is 4.38. The largest absolute Gasteiger partial charge is 0.363 e. The Morgan fingerprint density at radius 3 is 3.24 bits per heavy atom. The SMILES string of the molecule is Cc1ccnc(NC2CCCc3sccc32)c1. The number of thiophene rings is 1. The number of nitrogens with zero attached hydrogens (tertiary/aromatic N) is 1. The van der Waals surface area contributed by atoms with Crippen LogP contribution >= 0.6 is 11.3 Å². The predicted molar refractivity (Wildman–Crippen MR) is 72.6 cm³/mol. The maximum absolute atomic E-state index is 4.38. The molecule has 2 nitrogen and oxygen atoms in total. The van der Waals surface area contributed by atoms with Crippen LogP contribution in [0.5, 0.6) is 0 Å². The maximum Gasteiger partial charge on any atom is 0.126 e. The lowest BCUT2D eigenvalue weighted by Crippen LogP contribution is -2.16. The van der Waals surface area contributed by atoms with E-state index in [1.165, 1.54) is 30.4 Å². The molecule has 0 aliphatic heterocycles. The van der Waals surface area contributed by atoms with Crippen molar-refractivity contribution in [2.24, 2.45) is 0 Å². The number of hydrogen-bond acceptors (Lipinski definition) is 3. The molecule has 2 aromatic heterocycles. The lowest BCUT2D eigenvalue weighted by molar-refractivity contribution is 0.607. The van der Waals surface area contributed by atoms with Gasteiger partial charge in [0.25, 0.3) is 0 Å². The first kappa shape index (κ1) is 10.8. The zero-order chi connectivity index (χ0) is 11.7. The van der Waals surface area contributed by atoms with E-state index in [0.29, 0.717) is 6.04 Å². The van der Waals surface area contributed by atoms with Crippen LogP contribution in [0, 0.1) is 6.92 Å². The molecule has 1 N–H and O–H groups in total. The standard InChI is InChI=1S/C14H16N2S/c1-10-5-7-15-14(9-10)16-12-3-2-4-13-11(12)6-8-17-13/h5-9,12H,2-4H2,1H3,(H,15,16). The molecule has 3 rings (SSSR count). The summed E-state index contributed by atoms with van der Waals surface area (Å²) in [5.41, 5.74) is 2.73. The van der Waals surface area contributed by atoms with Crippen LogP contribution in [0.15, 0.2) is 29.8 Å². The van der Waals surface area contributed by atoms with Crippen molar-refractivity contribution >= 4 is 17.2 Å². The molecule has 0 spiro atoms. The van der Waals surface area contributed by atoms with E-state index in [0.717, 1.165) is 5.82 Å². The highest BCUT2D eigenvalue weighted by molar-refractivity contribution is 7.10. The molecular weight excluding hydrogens is 228 g/mol. The average molecular weight is 244 g/mol. The second-order valence-corrected chi connectivity index (χ2v) is 5.61. The fourth-order valence-electron chi connectivity index (χ4n) is 2.43. The number of pyridine rings is 1. The smallest absolute Gasteiger partial charge is 0.126 e. The van der Waals surface area contributed by atoms with Gasteiger partial charge in [0, 0.05) is 11.1 Å². The van der Waals surface area contributed by atoms with Gasteiger partial charge >= 0.3 is 0 Å². The van der Waals surface area contributed by atoms with E-state index in [2.05, 4.69) is 34.7 Å². The van der Waals surface area contributed by atoms with E-state index in [-0.39, 0.29) is 0 Å². The second kappa shape index (κ2) is 4.49. The third kappa shape index (κ3) is 2.20. The summed E-state index contributed by atoms with van der Waals surface area (Å²) >= 11 is 1.88. The van der Waals surface area contributed by atoms with Gasteiger partial charge in [0.2, 0.25) is 0 Å². The van der Waals surface area contributed by atoms with Gasteiger partial charge in [-0.2, -0.15) is 0 Å². The van der Waals surface area contributed by atoms with Gasteiger partial charge in [-0.3, -0.25) is 0 Å². The first-order chi connectivity index (χ1) is 8.33. The molecule has 0 saturated heterocycles. The van der Waals surface area contributed by atoms with Crippen molar-refractivity contribution in [3.05, 3.63) is 45.8 Å². The first-order valence-electron chi connectivity index (χ1n) is 6.08. The van der Waals surface area contributed by atoms with Crippen LogP contribution in [0.2, 0.25) is 0 Å². The molecule has 1 unspecified atom stereocenters. The minimum atomic E-state index is 0.444. The minimum absolute atomic E-state index is 0.444. The van der Waals surface area contributed by atoms with Crippen LogP contribution in [0.3, 0.4) is 0 Å². The number of rotatable bonds is 2. The van der Waals surface area contributed by atoms with E-state index in [4.69, 9.17) is 0 Å². The van der Waals surface area contributed by atoms with Crippen molar-refractivity contribution in [2.75, 3.05) is 5.32 Å². The van der Waals surface area contributed by atoms with E-state index in [9.17, 15) is 0 Å². The Balaban J connectivity index is 1.84. The fraction of sp³-hybridized carbons (Fsp3) is 0.357. The van der Waals surface area contributed by atoms with E-state index < -0.39 is 0 Å². The lowest BCUT2D eigenvalue weighted by atomic mass is 9.94. The summed E-state index contributed by atoms with van der Waals surface area (Å²) in [5.74, 6) is 0.994. The fourth-order valence-corrected chi connectivity index (χ4v) is 3.42. The molecule has 2 heterocycles. The van der Waals surface area contributed by atoms with E-state index >= 15 is 0 Å². The van der Waals surface area contributed by atoms with Gasteiger partial charge in [0.1, 0.15) is 5.82 Å². The Kier molecular flexibility index (Phi) is 2.85. The Morgan fingerprint density at radius 2 is 2.35 bits per heavy atom. The molecule has 3 heteroatoms. The molecule has 1 atom stereocenters. The summed E-state index contributed by atoms with van der Waals surface area (Å²) in [4.78, 5) is 5.93. The lowest BCUT2D eigenvalue weighted by Gasteiger charge is -2.24. The van der Waals surface area contributed by atoms with Crippen LogP contribution in [-0.4, -0.2) is 4.98 Å². The third-order valence-electron chi connectivity index (χ3n) is 3.29. The van der Waals surface area contributed by atoms with Crippen molar-refractivity contribution in [2.45, 2.75) is 32.2 Å². The van der Waals surface area contributed by atoms with Crippen molar-refractivity contribution in [1.29, 1.82) is 0 Å². The molecule has 17 heavy (non-hydrogen) atoms. The van der Waals surface area contributed by atoms with E-state index in [1.807, 2.05) is 23.6 Å². The molecule has 0 amide bonds. The number of aryl methyl sites for hydroxylation is 2. The van der Waals surface area contributed by atoms with Crippen LogP contribution < -0.4 is 5.32 Å². The highest BCUT2D eigenvalue weighted by Crippen LogP contribution is 2.35. The summed E-state index contributed by atoms with van der Waals surface area (Å²) in [6.45, 7) is 2.10. The van der Waals surface area contributed by atoms with E-state index in [1.54, 1.807) is 4.88 Å². The first-order valence-corrected chi connectivity index (χ1v) is 6.96. The van der Waals surface area contributed by atoms with Crippen molar-refractivity contribution in [1.82, 2.24) is 4.98 Å². The molecule has 1 aliphatic rings. The van der Waals surface area contributed by atoms with Gasteiger partial charge in [0.15, 0.2) is 0 Å². The van der Waals surface area contributed by atoms with Crippen molar-refractivity contribution < 1.29 is 0 Å². The Bertz CT molecular complexity index is 518. The normalized spacial score (nSPS) is 18.8. The zero-order valence-corrected chi connectivity index (χ0v) is 10.8. The molecule has 0 aromatic carbocycles. The van der Waals surface area contributed by atoms with Crippen LogP contribution in [0.4, 0.5) is 5.82 Å². The van der Waals surface area contributed by atoms with Gasteiger partial charge < -0.3 is 5.32 Å². The second-order valence-electron chi connectivity index (χ2n) is 4.61. The van der Waals surface area contributed by atoms with Gasteiger partial charge in [0.05, 0.1) is 6.04 Å². The molecular formula is C14H16N2S. The highest BCUT2D eigenvalue weighted by Gasteiger charge is 2.21. The molecule has 1 aliphatic carbocycles. The summed E-state index contributed by atoms with van der Waals surface area (Å²) in [7, 11) is 0. The van der Waals surface area contributed by atoms with Gasteiger partial charge in [-0.1, -0.05) is 0 Å². The zero-order valence-electron chi connectivity index (χ0n) is 9.94. The highest BCUT2D eigenvalue weighted by atomic mass is 32.1. The van der Waals surface area contributed by atoms with Crippen molar-refractivity contribution in [3.63, 3.8) is 0 Å². The summed E-state index contributed by atoms with van der Waals surface area (Å²) in [5, 5.41) is 5.76. The predicted octanol–water partition coefficient (Wildman–Crippen LogP) is 3.94. The summed E-state index contributed by atoms with van der Waals surface area (Å²) in [6.07, 6.45) is 5.60. The summed E-state index contributed by atoms with van der Waals surface area (Å²) in [6, 6.07) is 6.84. The minimum Gasteiger partial charge on any atom is -0.363 e. The Hall–Kier alpha value is -1.35. The molecule has 88 valence electrons. The number of nitrogens with one attached hydrogen (secondary N) is 1. The summed E-state index contributed by atoms with van der Waals surface area (Å²) < 4.78 is 0. The third-order valence-corrected chi connectivity index (χ3v) is 4.29. The Morgan fingerprint density at radius 1 is 1.41 bits per heavy atom.